The van der Waals surface area contributed by atoms with E-state index in [0.29, 0.717) is 12.6 Å². The normalized spacial score (nSPS) is 14.9. The first-order valence-corrected chi connectivity index (χ1v) is 5.98. The maximum absolute atomic E-state index is 11.4. The summed E-state index contributed by atoms with van der Waals surface area (Å²) in [5.41, 5.74) is 7.63. The molecule has 0 saturated heterocycles. The van der Waals surface area contributed by atoms with Gasteiger partial charge in [0, 0.05) is 25.3 Å². The molecular formula is C13H19N3O. The molecule has 1 aliphatic carbocycles. The van der Waals surface area contributed by atoms with E-state index in [1.807, 2.05) is 24.3 Å². The van der Waals surface area contributed by atoms with Gasteiger partial charge in [-0.3, -0.25) is 9.69 Å². The first-order valence-electron chi connectivity index (χ1n) is 5.98. The summed E-state index contributed by atoms with van der Waals surface area (Å²) in [4.78, 5) is 13.7. The Hall–Kier alpha value is -1.55. The van der Waals surface area contributed by atoms with Crippen molar-refractivity contribution in [1.29, 1.82) is 0 Å². The summed E-state index contributed by atoms with van der Waals surface area (Å²) in [5, 5.41) is 2.67. The molecule has 0 spiro atoms. The average molecular weight is 233 g/mol. The van der Waals surface area contributed by atoms with Crippen LogP contribution in [0.4, 0.5) is 5.69 Å². The number of nitrogens with zero attached hydrogens (tertiary/aromatic N) is 1. The highest BCUT2D eigenvalue weighted by Crippen LogP contribution is 2.28. The van der Waals surface area contributed by atoms with Crippen LogP contribution in [0.1, 0.15) is 18.4 Å². The lowest BCUT2D eigenvalue weighted by Gasteiger charge is -2.21. The number of rotatable bonds is 5. The molecule has 1 aromatic rings. The number of nitrogens with one attached hydrogen (secondary N) is 1. The van der Waals surface area contributed by atoms with E-state index < -0.39 is 0 Å². The summed E-state index contributed by atoms with van der Waals surface area (Å²) < 4.78 is 0. The second-order valence-corrected chi connectivity index (χ2v) is 4.55. The molecule has 1 saturated carbocycles. The number of nitrogens with two attached hydrogens (primary N) is 1. The highest BCUT2D eigenvalue weighted by atomic mass is 16.1. The van der Waals surface area contributed by atoms with Gasteiger partial charge in [0.15, 0.2) is 0 Å². The number of carbonyl (C=O) groups is 1. The third-order valence-corrected chi connectivity index (χ3v) is 3.05. The molecule has 0 unspecified atom stereocenters. The minimum Gasteiger partial charge on any atom is -0.399 e. The fourth-order valence-corrected chi connectivity index (χ4v) is 1.87. The van der Waals surface area contributed by atoms with Crippen LogP contribution < -0.4 is 11.1 Å². The molecule has 0 heterocycles. The fraction of sp³-hybridized carbons (Fsp3) is 0.462. The Labute approximate surface area is 102 Å². The van der Waals surface area contributed by atoms with E-state index in [1.165, 1.54) is 18.4 Å². The molecule has 4 heteroatoms. The molecule has 3 N–H and O–H groups in total. The van der Waals surface area contributed by atoms with Crippen molar-refractivity contribution in [2.24, 2.45) is 0 Å². The second-order valence-electron chi connectivity index (χ2n) is 4.55. The Morgan fingerprint density at radius 3 is 2.59 bits per heavy atom. The summed E-state index contributed by atoms with van der Waals surface area (Å²) in [6.45, 7) is 1.30. The first kappa shape index (κ1) is 11.9. The molecule has 1 fully saturated rings. The number of likely N-dealkylation sites (N-methyl/N-ethyl adjacent to an activating group) is 1. The summed E-state index contributed by atoms with van der Waals surface area (Å²) in [5.74, 6) is 0.0762. The first-order chi connectivity index (χ1) is 8.19. The largest absolute Gasteiger partial charge is 0.399 e. The summed E-state index contributed by atoms with van der Waals surface area (Å²) >= 11 is 0. The van der Waals surface area contributed by atoms with Crippen molar-refractivity contribution in [3.8, 4) is 0 Å². The Bertz CT molecular complexity index is 384. The monoisotopic (exact) mass is 233 g/mol. The number of hydrogen-bond donors (Lipinski definition) is 2. The van der Waals surface area contributed by atoms with Crippen LogP contribution in [0.2, 0.25) is 0 Å². The summed E-state index contributed by atoms with van der Waals surface area (Å²) in [6.07, 6.45) is 2.40. The van der Waals surface area contributed by atoms with Crippen LogP contribution in [0.25, 0.3) is 0 Å². The van der Waals surface area contributed by atoms with Gasteiger partial charge < -0.3 is 11.1 Å². The number of hydrogen-bond acceptors (Lipinski definition) is 3. The van der Waals surface area contributed by atoms with Crippen molar-refractivity contribution >= 4 is 11.6 Å². The summed E-state index contributed by atoms with van der Waals surface area (Å²) in [6, 6.07) is 8.42. The molecule has 92 valence electrons. The van der Waals surface area contributed by atoms with Crippen molar-refractivity contribution in [1.82, 2.24) is 10.2 Å². The van der Waals surface area contributed by atoms with Crippen LogP contribution in [0.15, 0.2) is 24.3 Å². The molecule has 4 nitrogen and oxygen atoms in total. The SMILES string of the molecule is CNC(=O)CN(Cc1ccc(N)cc1)C1CC1. The van der Waals surface area contributed by atoms with Crippen LogP contribution in [0, 0.1) is 0 Å². The third kappa shape index (κ3) is 3.46. The molecule has 1 aliphatic rings. The standard InChI is InChI=1S/C13H19N3O/c1-15-13(17)9-16(12-6-7-12)8-10-2-4-11(14)5-3-10/h2-5,12H,6-9,14H2,1H3,(H,15,17). The second kappa shape index (κ2) is 5.19. The molecule has 0 aromatic heterocycles. The van der Waals surface area contributed by atoms with E-state index >= 15 is 0 Å². The van der Waals surface area contributed by atoms with Gasteiger partial charge in [0.05, 0.1) is 6.54 Å². The van der Waals surface area contributed by atoms with E-state index in [4.69, 9.17) is 5.73 Å². The van der Waals surface area contributed by atoms with E-state index in [9.17, 15) is 4.79 Å². The lowest BCUT2D eigenvalue weighted by Crippen LogP contribution is -2.36. The van der Waals surface area contributed by atoms with Gasteiger partial charge in [-0.1, -0.05) is 12.1 Å². The smallest absolute Gasteiger partial charge is 0.233 e. The molecule has 0 radical (unpaired) electrons. The fourth-order valence-electron chi connectivity index (χ4n) is 1.87. The van der Waals surface area contributed by atoms with E-state index in [0.717, 1.165) is 12.2 Å². The highest BCUT2D eigenvalue weighted by molar-refractivity contribution is 5.77. The van der Waals surface area contributed by atoms with Gasteiger partial charge >= 0.3 is 0 Å². The van der Waals surface area contributed by atoms with Crippen LogP contribution in [-0.2, 0) is 11.3 Å². The molecule has 17 heavy (non-hydrogen) atoms. The Balaban J connectivity index is 1.97. The zero-order valence-electron chi connectivity index (χ0n) is 10.1. The van der Waals surface area contributed by atoms with E-state index in [1.54, 1.807) is 7.05 Å². The molecule has 1 amide bonds. The highest BCUT2D eigenvalue weighted by Gasteiger charge is 2.29. The van der Waals surface area contributed by atoms with Gasteiger partial charge in [0.25, 0.3) is 0 Å². The maximum atomic E-state index is 11.4. The van der Waals surface area contributed by atoms with Crippen molar-refractivity contribution in [3.05, 3.63) is 29.8 Å². The predicted molar refractivity (Wildman–Crippen MR) is 68.4 cm³/mol. The number of amides is 1. The number of benzene rings is 1. The maximum Gasteiger partial charge on any atom is 0.233 e. The molecule has 1 aromatic carbocycles. The average Bonchev–Trinajstić information content (AvgIpc) is 3.15. The minimum absolute atomic E-state index is 0.0762. The van der Waals surface area contributed by atoms with E-state index in [-0.39, 0.29) is 5.91 Å². The van der Waals surface area contributed by atoms with Crippen LogP contribution in [-0.4, -0.2) is 30.4 Å². The number of anilines is 1. The van der Waals surface area contributed by atoms with Gasteiger partial charge in [-0.2, -0.15) is 0 Å². The summed E-state index contributed by atoms with van der Waals surface area (Å²) in [7, 11) is 1.68. The van der Waals surface area contributed by atoms with Crippen LogP contribution in [0.5, 0.6) is 0 Å². The minimum atomic E-state index is 0.0762. The molecule has 0 bridgehead atoms. The molecule has 2 rings (SSSR count). The van der Waals surface area contributed by atoms with Crippen molar-refractivity contribution in [3.63, 3.8) is 0 Å². The van der Waals surface area contributed by atoms with Gasteiger partial charge in [-0.05, 0) is 30.5 Å². The molecule has 0 atom stereocenters. The Morgan fingerprint density at radius 2 is 2.06 bits per heavy atom. The zero-order chi connectivity index (χ0) is 12.3. The van der Waals surface area contributed by atoms with Gasteiger partial charge in [-0.25, -0.2) is 0 Å². The number of carbonyl (C=O) groups excluding carboxylic acids is 1. The van der Waals surface area contributed by atoms with E-state index in [2.05, 4.69) is 10.2 Å². The van der Waals surface area contributed by atoms with Gasteiger partial charge in [0.1, 0.15) is 0 Å². The lowest BCUT2D eigenvalue weighted by atomic mass is 10.2. The van der Waals surface area contributed by atoms with Crippen molar-refractivity contribution in [2.75, 3.05) is 19.3 Å². The Morgan fingerprint density at radius 1 is 1.41 bits per heavy atom. The molecular weight excluding hydrogens is 214 g/mol. The third-order valence-electron chi connectivity index (χ3n) is 3.05. The lowest BCUT2D eigenvalue weighted by molar-refractivity contribution is -0.122. The van der Waals surface area contributed by atoms with Crippen molar-refractivity contribution < 1.29 is 4.79 Å². The van der Waals surface area contributed by atoms with Gasteiger partial charge in [-0.15, -0.1) is 0 Å². The zero-order valence-corrected chi connectivity index (χ0v) is 10.1. The number of nitrogen functional groups attached to an aromatic ring is 1. The van der Waals surface area contributed by atoms with Crippen LogP contribution >= 0.6 is 0 Å². The quantitative estimate of drug-likeness (QED) is 0.745. The van der Waals surface area contributed by atoms with Gasteiger partial charge in [0.2, 0.25) is 5.91 Å². The predicted octanol–water partition coefficient (Wildman–Crippen LogP) is 0.979. The Kier molecular flexibility index (Phi) is 3.64. The topological polar surface area (TPSA) is 58.4 Å². The van der Waals surface area contributed by atoms with Crippen LogP contribution in [0.3, 0.4) is 0 Å². The molecule has 0 aliphatic heterocycles. The van der Waals surface area contributed by atoms with Crippen molar-refractivity contribution in [2.45, 2.75) is 25.4 Å².